The lowest BCUT2D eigenvalue weighted by Gasteiger charge is -2.55. The third kappa shape index (κ3) is 6.19. The maximum Gasteiger partial charge on any atom is 0.0900 e. The Morgan fingerprint density at radius 1 is 0.690 bits per heavy atom. The molecule has 167 valence electrons. The van der Waals surface area contributed by atoms with Crippen molar-refractivity contribution in [2.45, 2.75) is 44.4 Å². The average molecular weight is 464 g/mol. The Hall–Kier alpha value is -0.620. The van der Waals surface area contributed by atoms with Gasteiger partial charge >= 0.3 is 0 Å². The maximum atomic E-state index is 13.8. The molecular weight excluding hydrogens is 437 g/mol. The molecule has 0 nitrogen and oxygen atoms in total. The lowest BCUT2D eigenvalue weighted by molar-refractivity contribution is -0.0575. The van der Waals surface area contributed by atoms with E-state index in [9.17, 15) is 26.3 Å². The molecule has 8 heteroatoms. The van der Waals surface area contributed by atoms with Gasteiger partial charge in [0.2, 0.25) is 0 Å². The second-order valence-corrected chi connectivity index (χ2v) is 8.09. The molecular formula is C21H27Cl2F6. The lowest BCUT2D eigenvalue weighted by Crippen LogP contribution is -2.49. The van der Waals surface area contributed by atoms with E-state index in [0.29, 0.717) is 5.56 Å². The molecule has 1 rings (SSSR count). The summed E-state index contributed by atoms with van der Waals surface area (Å²) in [4.78, 5) is 0. The normalized spacial score (nSPS) is 13.7. The molecule has 0 heterocycles. The van der Waals surface area contributed by atoms with Crippen LogP contribution in [0.15, 0.2) is 12.1 Å². The number of rotatable bonds is 15. The fourth-order valence-corrected chi connectivity index (χ4v) is 5.47. The van der Waals surface area contributed by atoms with Gasteiger partial charge in [-0.2, -0.15) is 0 Å². The molecule has 0 saturated carbocycles. The van der Waals surface area contributed by atoms with Crippen LogP contribution in [0.1, 0.15) is 50.0 Å². The van der Waals surface area contributed by atoms with Gasteiger partial charge in [-0.15, -0.1) is 0 Å². The summed E-state index contributed by atoms with van der Waals surface area (Å²) in [5, 5.41) is 0.246. The molecule has 0 aromatic heterocycles. The van der Waals surface area contributed by atoms with Crippen LogP contribution in [0, 0.1) is 16.9 Å². The molecule has 0 aliphatic heterocycles. The van der Waals surface area contributed by atoms with Gasteiger partial charge in [0, 0.05) is 6.07 Å². The Balaban J connectivity index is 3.80. The number of hydrogen-bond donors (Lipinski definition) is 0. The highest BCUT2D eigenvalue weighted by molar-refractivity contribution is 6.34. The molecule has 1 atom stereocenters. The van der Waals surface area contributed by atoms with E-state index in [1.807, 2.05) is 0 Å². The van der Waals surface area contributed by atoms with Crippen molar-refractivity contribution in [2.24, 2.45) is 10.8 Å². The monoisotopic (exact) mass is 463 g/mol. The fraction of sp³-hybridized carbons (Fsp3) is 0.714. The van der Waals surface area contributed by atoms with E-state index in [1.54, 1.807) is 0 Å². The summed E-state index contributed by atoms with van der Waals surface area (Å²) >= 11 is 12.1. The van der Waals surface area contributed by atoms with Crippen LogP contribution < -0.4 is 0 Å². The third-order valence-corrected chi connectivity index (χ3v) is 6.56. The largest absolute Gasteiger partial charge is 0.251 e. The molecule has 1 aromatic rings. The molecule has 1 unspecified atom stereocenters. The first-order valence-corrected chi connectivity index (χ1v) is 10.4. The van der Waals surface area contributed by atoms with E-state index in [4.69, 9.17) is 23.2 Å². The van der Waals surface area contributed by atoms with Gasteiger partial charge in [0.05, 0.1) is 50.1 Å². The predicted molar refractivity (Wildman–Crippen MR) is 106 cm³/mol. The van der Waals surface area contributed by atoms with Gasteiger partial charge in [0.1, 0.15) is 0 Å². The molecule has 29 heavy (non-hydrogen) atoms. The average Bonchev–Trinajstić information content (AvgIpc) is 2.65. The van der Waals surface area contributed by atoms with E-state index in [2.05, 4.69) is 6.07 Å². The molecule has 0 aliphatic carbocycles. The van der Waals surface area contributed by atoms with Crippen molar-refractivity contribution in [3.05, 3.63) is 33.8 Å². The van der Waals surface area contributed by atoms with Crippen LogP contribution in [0.3, 0.4) is 0 Å². The van der Waals surface area contributed by atoms with E-state index in [-0.39, 0.29) is 48.6 Å². The van der Waals surface area contributed by atoms with E-state index < -0.39 is 56.8 Å². The second kappa shape index (κ2) is 12.9. The minimum absolute atomic E-state index is 0.123. The molecule has 0 spiro atoms. The zero-order valence-corrected chi connectivity index (χ0v) is 17.8. The minimum Gasteiger partial charge on any atom is -0.251 e. The van der Waals surface area contributed by atoms with Crippen LogP contribution >= 0.6 is 23.2 Å². The standard InChI is InChI=1S/C21H27Cl2F6/c22-17-13-16(14-18(23)15-17)19(1-7-24)21(5-11-28,6-12-29)20(2-8-25,3-9-26)4-10-27/h13-14,19H,1-12H2. The molecule has 1 radical (unpaired) electrons. The van der Waals surface area contributed by atoms with Crippen molar-refractivity contribution in [3.8, 4) is 0 Å². The molecule has 1 aromatic carbocycles. The topological polar surface area (TPSA) is 0 Å². The highest BCUT2D eigenvalue weighted by atomic mass is 35.5. The highest BCUT2D eigenvalue weighted by Crippen LogP contribution is 2.61. The third-order valence-electron chi connectivity index (χ3n) is 6.15. The molecule has 0 aliphatic rings. The van der Waals surface area contributed by atoms with Crippen LogP contribution in [-0.4, -0.2) is 40.0 Å². The number of alkyl halides is 6. The molecule has 0 fully saturated rings. The predicted octanol–water partition coefficient (Wildman–Crippen LogP) is 8.01. The van der Waals surface area contributed by atoms with Gasteiger partial charge in [-0.05, 0) is 73.0 Å². The first-order valence-electron chi connectivity index (χ1n) is 9.64. The molecule has 0 amide bonds. The van der Waals surface area contributed by atoms with Gasteiger partial charge in [-0.25, -0.2) is 0 Å². The Morgan fingerprint density at radius 2 is 1.10 bits per heavy atom. The van der Waals surface area contributed by atoms with Gasteiger partial charge in [0.15, 0.2) is 0 Å². The van der Waals surface area contributed by atoms with Crippen molar-refractivity contribution in [1.29, 1.82) is 0 Å². The first kappa shape index (κ1) is 26.4. The van der Waals surface area contributed by atoms with Crippen molar-refractivity contribution >= 4 is 23.2 Å². The number of hydrogen-bond acceptors (Lipinski definition) is 0. The number of benzene rings is 1. The molecule has 0 bridgehead atoms. The smallest absolute Gasteiger partial charge is 0.0900 e. The van der Waals surface area contributed by atoms with Crippen molar-refractivity contribution < 1.29 is 26.3 Å². The summed E-state index contributed by atoms with van der Waals surface area (Å²) in [6, 6.07) is 5.57. The van der Waals surface area contributed by atoms with Crippen molar-refractivity contribution in [3.63, 3.8) is 0 Å². The maximum absolute atomic E-state index is 13.8. The lowest BCUT2D eigenvalue weighted by atomic mass is 9.49. The van der Waals surface area contributed by atoms with E-state index >= 15 is 0 Å². The second-order valence-electron chi connectivity index (χ2n) is 7.27. The van der Waals surface area contributed by atoms with Crippen molar-refractivity contribution in [2.75, 3.05) is 40.0 Å². The summed E-state index contributed by atoms with van der Waals surface area (Å²) in [6.07, 6.45) is -1.55. The van der Waals surface area contributed by atoms with Crippen molar-refractivity contribution in [1.82, 2.24) is 0 Å². The van der Waals surface area contributed by atoms with E-state index in [1.165, 1.54) is 12.1 Å². The minimum atomic E-state index is -1.42. The Bertz CT molecular complexity index is 555. The van der Waals surface area contributed by atoms with Gasteiger partial charge < -0.3 is 0 Å². The quantitative estimate of drug-likeness (QED) is 0.231. The molecule has 0 saturated heterocycles. The Kier molecular flexibility index (Phi) is 11.8. The van der Waals surface area contributed by atoms with Gasteiger partial charge in [0.25, 0.3) is 0 Å². The number of halogens is 8. The Labute approximate surface area is 179 Å². The zero-order chi connectivity index (χ0) is 21.9. The molecule has 0 N–H and O–H groups in total. The summed E-state index contributed by atoms with van der Waals surface area (Å²) in [5.74, 6) is -0.853. The first-order chi connectivity index (χ1) is 13.9. The van der Waals surface area contributed by atoms with Gasteiger partial charge in [-0.1, -0.05) is 23.2 Å². The van der Waals surface area contributed by atoms with Crippen LogP contribution in [0.5, 0.6) is 0 Å². The van der Waals surface area contributed by atoms with E-state index in [0.717, 1.165) is 0 Å². The van der Waals surface area contributed by atoms with Crippen LogP contribution in [0.25, 0.3) is 0 Å². The SMILES string of the molecule is FCCC(c1cc(Cl)[c]c(Cl)c1)C(CCF)(CCF)C(CCF)(CCF)CCF. The van der Waals surface area contributed by atoms with Crippen LogP contribution in [-0.2, 0) is 0 Å². The summed E-state index contributed by atoms with van der Waals surface area (Å²) in [5.41, 5.74) is -2.40. The fourth-order valence-electron chi connectivity index (χ4n) is 4.97. The summed E-state index contributed by atoms with van der Waals surface area (Å²) in [6.45, 7) is -5.41. The van der Waals surface area contributed by atoms with Gasteiger partial charge in [-0.3, -0.25) is 26.3 Å². The Morgan fingerprint density at radius 3 is 1.45 bits per heavy atom. The van der Waals surface area contributed by atoms with Crippen LogP contribution in [0.2, 0.25) is 10.0 Å². The summed E-state index contributed by atoms with van der Waals surface area (Å²) in [7, 11) is 0. The van der Waals surface area contributed by atoms with Crippen LogP contribution in [0.4, 0.5) is 26.3 Å². The highest BCUT2D eigenvalue weighted by Gasteiger charge is 2.54. The zero-order valence-electron chi connectivity index (χ0n) is 16.2. The summed E-state index contributed by atoms with van der Waals surface area (Å²) < 4.78 is 81.9.